The first-order valence-corrected chi connectivity index (χ1v) is 7.93. The van der Waals surface area contributed by atoms with E-state index in [1.165, 1.54) is 0 Å². The van der Waals surface area contributed by atoms with Gasteiger partial charge < -0.3 is 15.3 Å². The van der Waals surface area contributed by atoms with E-state index in [2.05, 4.69) is 13.2 Å². The molecule has 2 atom stereocenters. The molecule has 0 unspecified atom stereocenters. The summed E-state index contributed by atoms with van der Waals surface area (Å²) in [6.07, 6.45) is 2.86. The zero-order valence-corrected chi connectivity index (χ0v) is 13.3. The summed E-state index contributed by atoms with van der Waals surface area (Å²) >= 11 is 5.81. The minimum Gasteiger partial charge on any atom is -0.481 e. The van der Waals surface area contributed by atoms with Crippen molar-refractivity contribution < 1.29 is 14.7 Å². The van der Waals surface area contributed by atoms with Gasteiger partial charge in [0.25, 0.3) is 0 Å². The number of likely N-dealkylation sites (tertiary alicyclic amines) is 1. The Labute approximate surface area is 136 Å². The fourth-order valence-electron chi connectivity index (χ4n) is 2.81. The maximum absolute atomic E-state index is 12.3. The lowest BCUT2D eigenvalue weighted by atomic mass is 9.88. The predicted octanol–water partition coefficient (Wildman–Crippen LogP) is 2.34. The Kier molecular flexibility index (Phi) is 5.72. The SMILES string of the molecule is BCCC[C@H]1CN(C(=O)Nc2ccc(Cl)cc2)C[C@H]1C(=O)O. The van der Waals surface area contributed by atoms with E-state index in [4.69, 9.17) is 11.6 Å². The molecule has 0 saturated carbocycles. The molecule has 1 heterocycles. The number of urea groups is 1. The molecule has 0 radical (unpaired) electrons. The summed E-state index contributed by atoms with van der Waals surface area (Å²) in [6, 6.07) is 6.59. The van der Waals surface area contributed by atoms with Crippen LogP contribution in [0.2, 0.25) is 11.3 Å². The Morgan fingerprint density at radius 3 is 2.59 bits per heavy atom. The fourth-order valence-corrected chi connectivity index (χ4v) is 2.94. The van der Waals surface area contributed by atoms with Crippen molar-refractivity contribution in [1.29, 1.82) is 0 Å². The molecule has 2 rings (SSSR count). The van der Waals surface area contributed by atoms with Gasteiger partial charge in [0, 0.05) is 23.8 Å². The third kappa shape index (κ3) is 4.16. The molecular weight excluding hydrogens is 302 g/mol. The van der Waals surface area contributed by atoms with Crippen molar-refractivity contribution in [2.45, 2.75) is 19.2 Å². The molecule has 1 aliphatic rings. The van der Waals surface area contributed by atoms with Crippen LogP contribution in [0.25, 0.3) is 0 Å². The molecule has 5 nitrogen and oxygen atoms in total. The van der Waals surface area contributed by atoms with E-state index in [1.54, 1.807) is 29.2 Å². The van der Waals surface area contributed by atoms with E-state index in [9.17, 15) is 14.7 Å². The second-order valence-electron chi connectivity index (χ2n) is 5.69. The van der Waals surface area contributed by atoms with Crippen LogP contribution in [0.15, 0.2) is 24.3 Å². The molecule has 0 aromatic heterocycles. The van der Waals surface area contributed by atoms with Crippen LogP contribution in [0.5, 0.6) is 0 Å². The molecule has 1 aromatic rings. The van der Waals surface area contributed by atoms with E-state index in [0.717, 1.165) is 19.2 Å². The summed E-state index contributed by atoms with van der Waals surface area (Å²) in [4.78, 5) is 25.2. The summed E-state index contributed by atoms with van der Waals surface area (Å²) in [5.41, 5.74) is 0.651. The molecule has 1 fully saturated rings. The predicted molar refractivity (Wildman–Crippen MR) is 89.2 cm³/mol. The summed E-state index contributed by atoms with van der Waals surface area (Å²) < 4.78 is 0. The van der Waals surface area contributed by atoms with E-state index in [0.29, 0.717) is 17.3 Å². The number of anilines is 1. The smallest absolute Gasteiger partial charge is 0.321 e. The lowest BCUT2D eigenvalue weighted by Gasteiger charge is -2.17. The Hall–Kier alpha value is -1.69. The molecule has 1 aliphatic heterocycles. The number of amides is 2. The maximum Gasteiger partial charge on any atom is 0.321 e. The van der Waals surface area contributed by atoms with Gasteiger partial charge in [0.15, 0.2) is 0 Å². The first-order chi connectivity index (χ1) is 10.5. The number of nitrogens with one attached hydrogen (secondary N) is 1. The standard InChI is InChI=1S/C15H20BClN2O3/c16-7-1-2-10-8-19(9-13(10)14(20)21)15(22)18-12-5-3-11(17)4-6-12/h3-6,10,13H,1-2,7-9,16H2,(H,18,22)(H,20,21)/t10-,13+/m0/s1. The summed E-state index contributed by atoms with van der Waals surface area (Å²) in [7, 11) is 2.08. The van der Waals surface area contributed by atoms with Crippen molar-refractivity contribution >= 4 is 37.1 Å². The summed E-state index contributed by atoms with van der Waals surface area (Å²) in [5.74, 6) is -1.25. The van der Waals surface area contributed by atoms with Gasteiger partial charge in [0.05, 0.1) is 5.92 Å². The van der Waals surface area contributed by atoms with Crippen molar-refractivity contribution in [2.75, 3.05) is 18.4 Å². The zero-order valence-electron chi connectivity index (χ0n) is 12.6. The largest absolute Gasteiger partial charge is 0.481 e. The van der Waals surface area contributed by atoms with Gasteiger partial charge in [-0.25, -0.2) is 4.79 Å². The molecule has 1 aromatic carbocycles. The highest BCUT2D eigenvalue weighted by Crippen LogP contribution is 2.28. The van der Waals surface area contributed by atoms with Crippen molar-refractivity contribution in [3.8, 4) is 0 Å². The molecular formula is C15H20BClN2O3. The van der Waals surface area contributed by atoms with Gasteiger partial charge in [-0.15, -0.1) is 0 Å². The summed E-state index contributed by atoms with van der Waals surface area (Å²) in [5, 5.41) is 12.7. The Balaban J connectivity index is 1.98. The van der Waals surface area contributed by atoms with Gasteiger partial charge in [-0.3, -0.25) is 4.79 Å². The number of carbonyl (C=O) groups excluding carboxylic acids is 1. The second-order valence-corrected chi connectivity index (χ2v) is 6.13. The minimum atomic E-state index is -0.817. The molecule has 0 spiro atoms. The number of carboxylic acid groups (broad SMARTS) is 1. The van der Waals surface area contributed by atoms with Crippen molar-refractivity contribution in [2.24, 2.45) is 11.8 Å². The highest BCUT2D eigenvalue weighted by atomic mass is 35.5. The molecule has 0 bridgehead atoms. The third-order valence-electron chi connectivity index (χ3n) is 4.07. The molecule has 7 heteroatoms. The number of rotatable bonds is 5. The van der Waals surface area contributed by atoms with Crippen LogP contribution < -0.4 is 5.32 Å². The zero-order chi connectivity index (χ0) is 16.1. The molecule has 0 aliphatic carbocycles. The third-order valence-corrected chi connectivity index (χ3v) is 4.32. The first-order valence-electron chi connectivity index (χ1n) is 7.55. The van der Waals surface area contributed by atoms with Gasteiger partial charge in [-0.2, -0.15) is 0 Å². The van der Waals surface area contributed by atoms with Gasteiger partial charge in [0.1, 0.15) is 7.85 Å². The topological polar surface area (TPSA) is 69.6 Å². The van der Waals surface area contributed by atoms with Crippen molar-refractivity contribution in [1.82, 2.24) is 4.90 Å². The van der Waals surface area contributed by atoms with Crippen LogP contribution in [0.1, 0.15) is 12.8 Å². The molecule has 1 saturated heterocycles. The van der Waals surface area contributed by atoms with Crippen LogP contribution in [0, 0.1) is 11.8 Å². The molecule has 2 N–H and O–H groups in total. The number of nitrogens with zero attached hydrogens (tertiary/aromatic N) is 1. The van der Waals surface area contributed by atoms with Crippen LogP contribution in [0.3, 0.4) is 0 Å². The summed E-state index contributed by atoms with van der Waals surface area (Å²) in [6.45, 7) is 0.763. The van der Waals surface area contributed by atoms with E-state index in [-0.39, 0.29) is 18.5 Å². The molecule has 22 heavy (non-hydrogen) atoms. The number of hydrogen-bond acceptors (Lipinski definition) is 2. The number of aliphatic carboxylic acids is 1. The number of hydrogen-bond donors (Lipinski definition) is 2. The normalized spacial score (nSPS) is 20.9. The lowest BCUT2D eigenvalue weighted by molar-refractivity contribution is -0.142. The van der Waals surface area contributed by atoms with Gasteiger partial charge in [-0.1, -0.05) is 24.3 Å². The number of carbonyl (C=O) groups is 2. The van der Waals surface area contributed by atoms with Gasteiger partial charge in [0.2, 0.25) is 0 Å². The lowest BCUT2D eigenvalue weighted by Crippen LogP contribution is -2.33. The average Bonchev–Trinajstić information content (AvgIpc) is 2.92. The first kappa shape index (κ1) is 16.7. The minimum absolute atomic E-state index is 0.0356. The highest BCUT2D eigenvalue weighted by molar-refractivity contribution is 6.30. The number of halogens is 1. The van der Waals surface area contributed by atoms with Crippen molar-refractivity contribution in [3.05, 3.63) is 29.3 Å². The van der Waals surface area contributed by atoms with Crippen LogP contribution in [0.4, 0.5) is 10.5 Å². The van der Waals surface area contributed by atoms with Crippen LogP contribution in [-0.2, 0) is 4.79 Å². The van der Waals surface area contributed by atoms with Gasteiger partial charge >= 0.3 is 12.0 Å². The van der Waals surface area contributed by atoms with Gasteiger partial charge in [-0.05, 0) is 36.6 Å². The second kappa shape index (κ2) is 7.54. The Bertz CT molecular complexity index is 538. The molecule has 2 amide bonds. The van der Waals surface area contributed by atoms with E-state index in [1.807, 2.05) is 0 Å². The van der Waals surface area contributed by atoms with Crippen molar-refractivity contribution in [3.63, 3.8) is 0 Å². The molecule has 118 valence electrons. The van der Waals surface area contributed by atoms with Crippen LogP contribution in [-0.4, -0.2) is 42.9 Å². The fraction of sp³-hybridized carbons (Fsp3) is 0.467. The maximum atomic E-state index is 12.3. The monoisotopic (exact) mass is 322 g/mol. The Morgan fingerprint density at radius 2 is 2.00 bits per heavy atom. The quantitative estimate of drug-likeness (QED) is 0.818. The Morgan fingerprint density at radius 1 is 1.32 bits per heavy atom. The van der Waals surface area contributed by atoms with E-state index < -0.39 is 11.9 Å². The van der Waals surface area contributed by atoms with Crippen LogP contribution >= 0.6 is 11.6 Å². The number of benzene rings is 1. The number of carboxylic acids is 1. The highest BCUT2D eigenvalue weighted by Gasteiger charge is 2.39. The average molecular weight is 323 g/mol. The van der Waals surface area contributed by atoms with E-state index >= 15 is 0 Å².